The number of carbonyl (C=O) groups is 1. The SMILES string of the molecule is Cc1cc(Nc2cccc(OCCN3CCC(Cc4ccccc4)(C(=O)N(C)C)CC3)c2)c2ccccc2n1. The number of anilines is 2. The first kappa shape index (κ1) is 26.7. The number of aryl methyl sites for hydroxylation is 1. The monoisotopic (exact) mass is 522 g/mol. The summed E-state index contributed by atoms with van der Waals surface area (Å²) < 4.78 is 6.16. The number of likely N-dealkylation sites (tertiary alicyclic amines) is 1. The average Bonchev–Trinajstić information content (AvgIpc) is 2.94. The molecule has 0 radical (unpaired) electrons. The van der Waals surface area contributed by atoms with E-state index in [4.69, 9.17) is 4.74 Å². The number of benzene rings is 3. The molecule has 1 fully saturated rings. The van der Waals surface area contributed by atoms with E-state index in [1.54, 1.807) is 4.90 Å². The Morgan fingerprint density at radius 2 is 1.72 bits per heavy atom. The fourth-order valence-corrected chi connectivity index (χ4v) is 5.65. The minimum Gasteiger partial charge on any atom is -0.492 e. The number of fused-ring (bicyclic) bond motifs is 1. The second-order valence-corrected chi connectivity index (χ2v) is 10.8. The van der Waals surface area contributed by atoms with Crippen LogP contribution < -0.4 is 10.1 Å². The molecule has 39 heavy (non-hydrogen) atoms. The summed E-state index contributed by atoms with van der Waals surface area (Å²) in [5, 5.41) is 4.64. The van der Waals surface area contributed by atoms with E-state index in [0.717, 1.165) is 72.6 Å². The molecule has 5 rings (SSSR count). The number of pyridine rings is 1. The van der Waals surface area contributed by atoms with Crippen LogP contribution in [-0.2, 0) is 11.2 Å². The Labute approximate surface area is 231 Å². The van der Waals surface area contributed by atoms with Crippen molar-refractivity contribution >= 4 is 28.2 Å². The van der Waals surface area contributed by atoms with E-state index in [2.05, 4.69) is 57.7 Å². The van der Waals surface area contributed by atoms with Crippen molar-refractivity contribution in [2.45, 2.75) is 26.2 Å². The summed E-state index contributed by atoms with van der Waals surface area (Å²) in [5.74, 6) is 1.08. The molecule has 202 valence electrons. The Bertz CT molecular complexity index is 1410. The highest BCUT2D eigenvalue weighted by molar-refractivity contribution is 5.93. The third-order valence-electron chi connectivity index (χ3n) is 7.69. The minimum absolute atomic E-state index is 0.240. The summed E-state index contributed by atoms with van der Waals surface area (Å²) >= 11 is 0. The van der Waals surface area contributed by atoms with Crippen molar-refractivity contribution < 1.29 is 9.53 Å². The van der Waals surface area contributed by atoms with Gasteiger partial charge < -0.3 is 15.0 Å². The Balaban J connectivity index is 1.17. The molecule has 1 aliphatic rings. The molecule has 0 atom stereocenters. The quantitative estimate of drug-likeness (QED) is 0.289. The number of hydrogen-bond donors (Lipinski definition) is 1. The van der Waals surface area contributed by atoms with Crippen LogP contribution in [0, 0.1) is 12.3 Å². The van der Waals surface area contributed by atoms with Crippen LogP contribution in [0.2, 0.25) is 0 Å². The van der Waals surface area contributed by atoms with Crippen molar-refractivity contribution in [2.24, 2.45) is 5.41 Å². The number of hydrogen-bond acceptors (Lipinski definition) is 5. The van der Waals surface area contributed by atoms with Gasteiger partial charge in [-0.15, -0.1) is 0 Å². The van der Waals surface area contributed by atoms with E-state index in [9.17, 15) is 4.79 Å². The van der Waals surface area contributed by atoms with Crippen molar-refractivity contribution in [3.63, 3.8) is 0 Å². The maximum absolute atomic E-state index is 13.3. The molecular weight excluding hydrogens is 484 g/mol. The molecule has 1 aliphatic heterocycles. The molecule has 1 saturated heterocycles. The lowest BCUT2D eigenvalue weighted by atomic mass is 9.72. The van der Waals surface area contributed by atoms with Gasteiger partial charge in [-0.3, -0.25) is 14.7 Å². The van der Waals surface area contributed by atoms with Crippen LogP contribution in [0.1, 0.15) is 24.1 Å². The van der Waals surface area contributed by atoms with E-state index in [1.165, 1.54) is 5.56 Å². The van der Waals surface area contributed by atoms with Gasteiger partial charge in [0.15, 0.2) is 0 Å². The molecule has 1 N–H and O–H groups in total. The van der Waals surface area contributed by atoms with Crippen molar-refractivity contribution in [1.82, 2.24) is 14.8 Å². The molecule has 0 unspecified atom stereocenters. The highest BCUT2D eigenvalue weighted by Gasteiger charge is 2.42. The second-order valence-electron chi connectivity index (χ2n) is 10.8. The molecular formula is C33H38N4O2. The van der Waals surface area contributed by atoms with Gasteiger partial charge in [0.25, 0.3) is 0 Å². The highest BCUT2D eigenvalue weighted by atomic mass is 16.5. The molecule has 6 heteroatoms. The number of aromatic nitrogens is 1. The minimum atomic E-state index is -0.336. The predicted molar refractivity (Wildman–Crippen MR) is 159 cm³/mol. The van der Waals surface area contributed by atoms with Gasteiger partial charge >= 0.3 is 0 Å². The molecule has 1 aromatic heterocycles. The van der Waals surface area contributed by atoms with Crippen LogP contribution in [0.3, 0.4) is 0 Å². The Morgan fingerprint density at radius 1 is 0.974 bits per heavy atom. The summed E-state index contributed by atoms with van der Waals surface area (Å²) in [6.07, 6.45) is 2.51. The van der Waals surface area contributed by atoms with Crippen LogP contribution in [0.15, 0.2) is 84.9 Å². The van der Waals surface area contributed by atoms with Crippen molar-refractivity contribution in [3.8, 4) is 5.75 Å². The zero-order valence-electron chi connectivity index (χ0n) is 23.2. The lowest BCUT2D eigenvalue weighted by Crippen LogP contribution is -2.50. The number of carbonyl (C=O) groups excluding carboxylic acids is 1. The average molecular weight is 523 g/mol. The van der Waals surface area contributed by atoms with Gasteiger partial charge in [-0.05, 0) is 69.1 Å². The van der Waals surface area contributed by atoms with Crippen molar-refractivity contribution in [1.29, 1.82) is 0 Å². The first-order valence-corrected chi connectivity index (χ1v) is 13.8. The number of nitrogens with zero attached hydrogens (tertiary/aromatic N) is 3. The molecule has 0 bridgehead atoms. The highest BCUT2D eigenvalue weighted by Crippen LogP contribution is 2.37. The number of para-hydroxylation sites is 1. The molecule has 4 aromatic rings. The normalized spacial score (nSPS) is 15.2. The molecule has 0 saturated carbocycles. The van der Waals surface area contributed by atoms with Crippen molar-refractivity contribution in [2.75, 3.05) is 45.7 Å². The zero-order valence-corrected chi connectivity index (χ0v) is 23.2. The van der Waals surface area contributed by atoms with Gasteiger partial charge in [0.05, 0.1) is 10.9 Å². The molecule has 6 nitrogen and oxygen atoms in total. The lowest BCUT2D eigenvalue weighted by Gasteiger charge is -2.42. The van der Waals surface area contributed by atoms with Gasteiger partial charge in [-0.25, -0.2) is 0 Å². The smallest absolute Gasteiger partial charge is 0.228 e. The van der Waals surface area contributed by atoms with Gasteiger partial charge in [-0.1, -0.05) is 54.6 Å². The fraction of sp³-hybridized carbons (Fsp3) is 0.333. The molecule has 0 spiro atoms. The topological polar surface area (TPSA) is 57.7 Å². The van der Waals surface area contributed by atoms with E-state index in [1.807, 2.05) is 63.5 Å². The summed E-state index contributed by atoms with van der Waals surface area (Å²) in [7, 11) is 3.74. The summed E-state index contributed by atoms with van der Waals surface area (Å²) in [6, 6.07) is 28.8. The molecule has 1 amide bonds. The largest absolute Gasteiger partial charge is 0.492 e. The Morgan fingerprint density at radius 3 is 2.49 bits per heavy atom. The molecule has 0 aliphatic carbocycles. The number of rotatable bonds is 9. The number of piperidine rings is 1. The third kappa shape index (κ3) is 6.40. The maximum Gasteiger partial charge on any atom is 0.228 e. The van der Waals surface area contributed by atoms with Gasteiger partial charge in [0, 0.05) is 49.2 Å². The standard InChI is InChI=1S/C33H38N4O2/c1-25-22-31(29-14-7-8-15-30(29)34-25)35-27-12-9-13-28(23-27)39-21-20-37-18-16-33(17-19-37,32(38)36(2)3)24-26-10-5-4-6-11-26/h4-15,22-23H,16-21,24H2,1-3H3,(H,34,35). The maximum atomic E-state index is 13.3. The first-order chi connectivity index (χ1) is 18.9. The van der Waals surface area contributed by atoms with E-state index in [-0.39, 0.29) is 11.3 Å². The molecule has 2 heterocycles. The van der Waals surface area contributed by atoms with Crippen LogP contribution in [0.4, 0.5) is 11.4 Å². The van der Waals surface area contributed by atoms with E-state index in [0.29, 0.717) is 6.61 Å². The Kier molecular flexibility index (Phi) is 8.13. The molecule has 3 aromatic carbocycles. The van der Waals surface area contributed by atoms with Gasteiger partial charge in [0.2, 0.25) is 5.91 Å². The lowest BCUT2D eigenvalue weighted by molar-refractivity contribution is -0.142. The van der Waals surface area contributed by atoms with E-state index < -0.39 is 0 Å². The summed E-state index contributed by atoms with van der Waals surface area (Å²) in [4.78, 5) is 22.1. The number of amides is 1. The fourth-order valence-electron chi connectivity index (χ4n) is 5.65. The van der Waals surface area contributed by atoms with Crippen molar-refractivity contribution in [3.05, 3.63) is 96.2 Å². The second kappa shape index (κ2) is 11.9. The van der Waals surface area contributed by atoms with Crippen LogP contribution in [0.25, 0.3) is 10.9 Å². The number of nitrogens with one attached hydrogen (secondary N) is 1. The number of ether oxygens (including phenoxy) is 1. The summed E-state index contributed by atoms with van der Waals surface area (Å²) in [5.41, 5.74) is 4.87. The zero-order chi connectivity index (χ0) is 27.2. The first-order valence-electron chi connectivity index (χ1n) is 13.8. The predicted octanol–water partition coefficient (Wildman–Crippen LogP) is 6.08. The van der Waals surface area contributed by atoms with Crippen LogP contribution >= 0.6 is 0 Å². The van der Waals surface area contributed by atoms with Crippen LogP contribution in [0.5, 0.6) is 5.75 Å². The van der Waals surface area contributed by atoms with Gasteiger partial charge in [-0.2, -0.15) is 0 Å². The Hall–Kier alpha value is -3.90. The van der Waals surface area contributed by atoms with Crippen LogP contribution in [-0.4, -0.2) is 61.0 Å². The summed E-state index contributed by atoms with van der Waals surface area (Å²) in [6.45, 7) is 5.25. The van der Waals surface area contributed by atoms with E-state index >= 15 is 0 Å². The third-order valence-corrected chi connectivity index (χ3v) is 7.69. The van der Waals surface area contributed by atoms with Gasteiger partial charge in [0.1, 0.15) is 12.4 Å².